The van der Waals surface area contributed by atoms with Gasteiger partial charge in [-0.25, -0.2) is 0 Å². The van der Waals surface area contributed by atoms with Gasteiger partial charge in [-0.1, -0.05) is 27.7 Å². The average Bonchev–Trinajstić information content (AvgIpc) is 2.42. The first-order valence-corrected chi connectivity index (χ1v) is 4.43. The van der Waals surface area contributed by atoms with Crippen LogP contribution in [0.5, 0.6) is 0 Å². The van der Waals surface area contributed by atoms with E-state index in [-0.39, 0.29) is 0 Å². The molecule has 2 rings (SSSR count). The Bertz CT molecular complexity index is 106. The normalized spacial score (nSPS) is 39.6. The minimum atomic E-state index is 0.700. The average molecular weight is 141 g/mol. The Kier molecular flexibility index (Phi) is 2.04. The Morgan fingerprint density at radius 2 is 1.50 bits per heavy atom. The van der Waals surface area contributed by atoms with Gasteiger partial charge >= 0.3 is 0 Å². The molecule has 2 unspecified atom stereocenters. The molecule has 1 aliphatic carbocycles. The van der Waals surface area contributed by atoms with E-state index in [1.807, 2.05) is 13.8 Å². The Balaban J connectivity index is 0.000000231. The van der Waals surface area contributed by atoms with Gasteiger partial charge in [-0.15, -0.1) is 0 Å². The summed E-state index contributed by atoms with van der Waals surface area (Å²) in [4.78, 5) is 0. The van der Waals surface area contributed by atoms with Gasteiger partial charge in [0.15, 0.2) is 0 Å². The molecule has 0 aromatic carbocycles. The van der Waals surface area contributed by atoms with Crippen LogP contribution in [0.15, 0.2) is 0 Å². The zero-order valence-corrected chi connectivity index (χ0v) is 7.57. The maximum absolute atomic E-state index is 3.38. The van der Waals surface area contributed by atoms with E-state index in [0.29, 0.717) is 5.41 Å². The number of nitrogens with one attached hydrogen (secondary N) is 1. The summed E-state index contributed by atoms with van der Waals surface area (Å²) in [6, 6.07) is 0. The topological polar surface area (TPSA) is 12.0 Å². The molecule has 2 aliphatic rings. The highest BCUT2D eigenvalue weighted by atomic mass is 15.0. The van der Waals surface area contributed by atoms with Gasteiger partial charge in [0.1, 0.15) is 0 Å². The first-order chi connectivity index (χ1) is 4.73. The summed E-state index contributed by atoms with van der Waals surface area (Å²) in [5, 5.41) is 3.38. The third-order valence-electron chi connectivity index (χ3n) is 3.02. The van der Waals surface area contributed by atoms with Crippen molar-refractivity contribution in [1.82, 2.24) is 5.32 Å². The molecule has 10 heavy (non-hydrogen) atoms. The molecule has 2 atom stereocenters. The van der Waals surface area contributed by atoms with Crippen molar-refractivity contribution in [2.75, 3.05) is 13.1 Å². The number of hydrogen-bond acceptors (Lipinski definition) is 1. The van der Waals surface area contributed by atoms with E-state index in [4.69, 9.17) is 0 Å². The first-order valence-electron chi connectivity index (χ1n) is 4.43. The fraction of sp³-hybridized carbons (Fsp3) is 1.00. The molecule has 1 heteroatoms. The van der Waals surface area contributed by atoms with Gasteiger partial charge in [-0.3, -0.25) is 0 Å². The lowest BCUT2D eigenvalue weighted by Gasteiger charge is -2.06. The zero-order chi connectivity index (χ0) is 7.78. The lowest BCUT2D eigenvalue weighted by molar-refractivity contribution is 0.475. The molecule has 0 amide bonds. The largest absolute Gasteiger partial charge is 0.316 e. The maximum atomic E-state index is 3.38. The Morgan fingerprint density at radius 1 is 1.10 bits per heavy atom. The van der Waals surface area contributed by atoms with Gasteiger partial charge in [0.25, 0.3) is 0 Å². The van der Waals surface area contributed by atoms with Crippen LogP contribution in [0.2, 0.25) is 0 Å². The number of hydrogen-bond donors (Lipinski definition) is 1. The van der Waals surface area contributed by atoms with E-state index in [2.05, 4.69) is 19.2 Å². The van der Waals surface area contributed by atoms with Crippen LogP contribution in [-0.2, 0) is 0 Å². The van der Waals surface area contributed by atoms with E-state index < -0.39 is 0 Å². The molecule has 1 nitrogen and oxygen atoms in total. The second-order valence-corrected chi connectivity index (χ2v) is 3.69. The van der Waals surface area contributed by atoms with Crippen LogP contribution in [0.1, 0.15) is 27.7 Å². The standard InChI is InChI=1S/C7H13N.C2H6/c1-7(2)5-3-8-4-6(5)7;1-2/h5-6,8H,3-4H2,1-2H3;1-2H3. The van der Waals surface area contributed by atoms with Gasteiger partial charge in [-0.05, 0) is 30.3 Å². The van der Waals surface area contributed by atoms with Gasteiger partial charge in [0.2, 0.25) is 0 Å². The molecule has 1 saturated heterocycles. The molecule has 2 fully saturated rings. The van der Waals surface area contributed by atoms with Gasteiger partial charge in [0, 0.05) is 0 Å². The van der Waals surface area contributed by atoms with Crippen molar-refractivity contribution in [3.8, 4) is 0 Å². The minimum Gasteiger partial charge on any atom is -0.316 e. The molecule has 1 N–H and O–H groups in total. The molecule has 0 spiro atoms. The van der Waals surface area contributed by atoms with Crippen molar-refractivity contribution in [2.24, 2.45) is 17.3 Å². The number of fused-ring (bicyclic) bond motifs is 1. The first kappa shape index (κ1) is 8.06. The van der Waals surface area contributed by atoms with E-state index in [1.165, 1.54) is 13.1 Å². The highest BCUT2D eigenvalue weighted by Crippen LogP contribution is 2.59. The van der Waals surface area contributed by atoms with Gasteiger partial charge in [-0.2, -0.15) is 0 Å². The van der Waals surface area contributed by atoms with Crippen LogP contribution < -0.4 is 5.32 Å². The second kappa shape index (κ2) is 2.54. The van der Waals surface area contributed by atoms with E-state index in [9.17, 15) is 0 Å². The smallest absolute Gasteiger partial charge is 0.00118 e. The number of piperidine rings is 1. The molecule has 0 radical (unpaired) electrons. The predicted octanol–water partition coefficient (Wildman–Crippen LogP) is 1.89. The maximum Gasteiger partial charge on any atom is -0.00118 e. The third kappa shape index (κ3) is 0.968. The molecular weight excluding hydrogens is 122 g/mol. The van der Waals surface area contributed by atoms with Crippen LogP contribution in [0.3, 0.4) is 0 Å². The van der Waals surface area contributed by atoms with Crippen molar-refractivity contribution < 1.29 is 0 Å². The van der Waals surface area contributed by atoms with Crippen molar-refractivity contribution in [3.05, 3.63) is 0 Å². The van der Waals surface area contributed by atoms with Gasteiger partial charge in [0.05, 0.1) is 0 Å². The summed E-state index contributed by atoms with van der Waals surface area (Å²) in [5.74, 6) is 2.03. The molecule has 1 saturated carbocycles. The molecule has 1 heterocycles. The lowest BCUT2D eigenvalue weighted by Crippen LogP contribution is -2.17. The molecule has 1 aliphatic heterocycles. The van der Waals surface area contributed by atoms with E-state index >= 15 is 0 Å². The van der Waals surface area contributed by atoms with Crippen LogP contribution in [-0.4, -0.2) is 13.1 Å². The molecule has 0 aromatic heterocycles. The van der Waals surface area contributed by atoms with Crippen LogP contribution in [0, 0.1) is 17.3 Å². The Hall–Kier alpha value is -0.0400. The summed E-state index contributed by atoms with van der Waals surface area (Å²) in [6.07, 6.45) is 0. The third-order valence-corrected chi connectivity index (χ3v) is 3.02. The molecule has 0 bridgehead atoms. The number of rotatable bonds is 0. The van der Waals surface area contributed by atoms with Crippen LogP contribution in [0.4, 0.5) is 0 Å². The summed E-state index contributed by atoms with van der Waals surface area (Å²) >= 11 is 0. The van der Waals surface area contributed by atoms with Crippen molar-refractivity contribution >= 4 is 0 Å². The van der Waals surface area contributed by atoms with Crippen LogP contribution in [0.25, 0.3) is 0 Å². The van der Waals surface area contributed by atoms with E-state index in [0.717, 1.165) is 11.8 Å². The summed E-state index contributed by atoms with van der Waals surface area (Å²) in [7, 11) is 0. The minimum absolute atomic E-state index is 0.700. The molecule has 0 aromatic rings. The molecular formula is C9H19N. The molecule has 60 valence electrons. The van der Waals surface area contributed by atoms with E-state index in [1.54, 1.807) is 0 Å². The summed E-state index contributed by atoms with van der Waals surface area (Å²) in [5.41, 5.74) is 0.700. The zero-order valence-electron chi connectivity index (χ0n) is 7.57. The lowest BCUT2D eigenvalue weighted by atomic mass is 10.1. The van der Waals surface area contributed by atoms with Crippen molar-refractivity contribution in [3.63, 3.8) is 0 Å². The highest BCUT2D eigenvalue weighted by Gasteiger charge is 2.59. The highest BCUT2D eigenvalue weighted by molar-refractivity contribution is 5.10. The van der Waals surface area contributed by atoms with Crippen molar-refractivity contribution in [1.29, 1.82) is 0 Å². The fourth-order valence-electron chi connectivity index (χ4n) is 2.06. The monoisotopic (exact) mass is 141 g/mol. The van der Waals surface area contributed by atoms with Crippen molar-refractivity contribution in [2.45, 2.75) is 27.7 Å². The summed E-state index contributed by atoms with van der Waals surface area (Å²) in [6.45, 7) is 11.3. The SMILES string of the molecule is CC.CC1(C)C2CNCC21. The predicted molar refractivity (Wildman–Crippen MR) is 45.0 cm³/mol. The summed E-state index contributed by atoms with van der Waals surface area (Å²) < 4.78 is 0. The Morgan fingerprint density at radius 3 is 1.70 bits per heavy atom. The fourth-order valence-corrected chi connectivity index (χ4v) is 2.06. The Labute approximate surface area is 64.2 Å². The second-order valence-electron chi connectivity index (χ2n) is 3.69. The quantitative estimate of drug-likeness (QED) is 0.543. The van der Waals surface area contributed by atoms with Crippen LogP contribution >= 0.6 is 0 Å². The van der Waals surface area contributed by atoms with Gasteiger partial charge < -0.3 is 5.32 Å².